The number of oxime groups is 1. The predicted octanol–water partition coefficient (Wildman–Crippen LogP) is 1.85. The standard InChI is InChI=1S/C14H18N6O/c1-20(2)11-6-4-10(5-7-11)19-14-12(8-18-21-3)13(15)16-9-17-14/h4-9H,1-3H3,(H3,15,16,17,19)/b18-8+. The molecule has 0 saturated carbocycles. The zero-order valence-electron chi connectivity index (χ0n) is 12.2. The molecule has 1 aromatic heterocycles. The largest absolute Gasteiger partial charge is 0.399 e. The topological polar surface area (TPSA) is 88.7 Å². The maximum atomic E-state index is 5.84. The van der Waals surface area contributed by atoms with Crippen molar-refractivity contribution in [1.29, 1.82) is 0 Å². The van der Waals surface area contributed by atoms with Gasteiger partial charge in [0.1, 0.15) is 25.1 Å². The number of nitrogens with zero attached hydrogens (tertiary/aromatic N) is 4. The third-order valence-corrected chi connectivity index (χ3v) is 2.85. The van der Waals surface area contributed by atoms with Crippen LogP contribution in [0, 0.1) is 0 Å². The zero-order chi connectivity index (χ0) is 15.2. The van der Waals surface area contributed by atoms with Crippen LogP contribution in [0.5, 0.6) is 0 Å². The van der Waals surface area contributed by atoms with Crippen LogP contribution in [0.1, 0.15) is 5.56 Å². The third kappa shape index (κ3) is 3.59. The normalized spacial score (nSPS) is 10.6. The van der Waals surface area contributed by atoms with Crippen molar-refractivity contribution in [2.75, 3.05) is 37.2 Å². The Morgan fingerprint density at radius 2 is 1.95 bits per heavy atom. The van der Waals surface area contributed by atoms with Crippen molar-refractivity contribution < 1.29 is 4.84 Å². The summed E-state index contributed by atoms with van der Waals surface area (Å²) in [6, 6.07) is 7.95. The molecule has 0 aliphatic rings. The van der Waals surface area contributed by atoms with Gasteiger partial charge in [0.2, 0.25) is 0 Å². The molecule has 0 spiro atoms. The van der Waals surface area contributed by atoms with Crippen LogP contribution < -0.4 is 16.0 Å². The van der Waals surface area contributed by atoms with Crippen LogP contribution >= 0.6 is 0 Å². The first-order chi connectivity index (χ1) is 10.1. The van der Waals surface area contributed by atoms with Gasteiger partial charge in [0.05, 0.1) is 11.8 Å². The van der Waals surface area contributed by atoms with E-state index in [4.69, 9.17) is 5.73 Å². The highest BCUT2D eigenvalue weighted by Crippen LogP contribution is 2.22. The van der Waals surface area contributed by atoms with Gasteiger partial charge >= 0.3 is 0 Å². The highest BCUT2D eigenvalue weighted by molar-refractivity contribution is 5.92. The highest BCUT2D eigenvalue weighted by atomic mass is 16.6. The Morgan fingerprint density at radius 3 is 2.57 bits per heavy atom. The molecule has 1 aromatic carbocycles. The highest BCUT2D eigenvalue weighted by Gasteiger charge is 2.08. The zero-order valence-corrected chi connectivity index (χ0v) is 12.2. The summed E-state index contributed by atoms with van der Waals surface area (Å²) in [5.74, 6) is 0.902. The van der Waals surface area contributed by atoms with Crippen molar-refractivity contribution >= 4 is 29.2 Å². The lowest BCUT2D eigenvalue weighted by molar-refractivity contribution is 0.215. The smallest absolute Gasteiger partial charge is 0.144 e. The molecule has 7 heteroatoms. The van der Waals surface area contributed by atoms with Gasteiger partial charge in [0.25, 0.3) is 0 Å². The monoisotopic (exact) mass is 286 g/mol. The van der Waals surface area contributed by atoms with Gasteiger partial charge in [-0.1, -0.05) is 5.16 Å². The van der Waals surface area contributed by atoms with Crippen LogP contribution in [0.15, 0.2) is 35.7 Å². The van der Waals surface area contributed by atoms with E-state index in [2.05, 4.69) is 25.3 Å². The number of benzene rings is 1. The maximum Gasteiger partial charge on any atom is 0.144 e. The molecule has 0 bridgehead atoms. The molecule has 0 amide bonds. The second-order valence-corrected chi connectivity index (χ2v) is 4.50. The van der Waals surface area contributed by atoms with E-state index in [1.165, 1.54) is 19.7 Å². The average molecular weight is 286 g/mol. The number of rotatable bonds is 5. The van der Waals surface area contributed by atoms with E-state index < -0.39 is 0 Å². The molecule has 7 nitrogen and oxygen atoms in total. The van der Waals surface area contributed by atoms with Gasteiger partial charge in [0.15, 0.2) is 0 Å². The Bertz CT molecular complexity index is 624. The lowest BCUT2D eigenvalue weighted by Crippen LogP contribution is -2.08. The molecule has 1 heterocycles. The third-order valence-electron chi connectivity index (χ3n) is 2.85. The molecule has 0 atom stereocenters. The molecular formula is C14H18N6O. The van der Waals surface area contributed by atoms with Crippen molar-refractivity contribution in [3.05, 3.63) is 36.2 Å². The fraction of sp³-hybridized carbons (Fsp3) is 0.214. The first-order valence-corrected chi connectivity index (χ1v) is 6.33. The predicted molar refractivity (Wildman–Crippen MR) is 85.1 cm³/mol. The van der Waals surface area contributed by atoms with Gasteiger partial charge in [0, 0.05) is 25.5 Å². The van der Waals surface area contributed by atoms with Gasteiger partial charge < -0.3 is 20.8 Å². The number of nitrogens with two attached hydrogens (primary N) is 1. The molecule has 0 saturated heterocycles. The summed E-state index contributed by atoms with van der Waals surface area (Å²) >= 11 is 0. The Balaban J connectivity index is 2.26. The van der Waals surface area contributed by atoms with E-state index in [0.717, 1.165) is 11.4 Å². The molecule has 0 fully saturated rings. The van der Waals surface area contributed by atoms with Crippen molar-refractivity contribution in [2.24, 2.45) is 5.16 Å². The summed E-state index contributed by atoms with van der Waals surface area (Å²) in [5.41, 5.74) is 8.42. The van der Waals surface area contributed by atoms with Gasteiger partial charge in [-0.3, -0.25) is 0 Å². The quantitative estimate of drug-likeness (QED) is 0.644. The number of nitrogen functional groups attached to an aromatic ring is 1. The van der Waals surface area contributed by atoms with Crippen LogP contribution in [0.4, 0.5) is 23.0 Å². The maximum absolute atomic E-state index is 5.84. The number of hydrogen-bond acceptors (Lipinski definition) is 7. The Kier molecular flexibility index (Phi) is 4.55. The molecular weight excluding hydrogens is 268 g/mol. The van der Waals surface area contributed by atoms with Crippen LogP contribution in [0.2, 0.25) is 0 Å². The van der Waals surface area contributed by atoms with E-state index in [9.17, 15) is 0 Å². The van der Waals surface area contributed by atoms with E-state index in [1.54, 1.807) is 0 Å². The molecule has 0 aliphatic heterocycles. The number of nitrogens with one attached hydrogen (secondary N) is 1. The summed E-state index contributed by atoms with van der Waals surface area (Å²) in [4.78, 5) is 14.8. The summed E-state index contributed by atoms with van der Waals surface area (Å²) in [5, 5.41) is 6.90. The molecule has 2 aromatic rings. The Labute approximate surface area is 123 Å². The molecule has 3 N–H and O–H groups in total. The Morgan fingerprint density at radius 1 is 1.24 bits per heavy atom. The van der Waals surface area contributed by atoms with Crippen LogP contribution in [-0.2, 0) is 4.84 Å². The van der Waals surface area contributed by atoms with Crippen LogP contribution in [-0.4, -0.2) is 37.4 Å². The van der Waals surface area contributed by atoms with E-state index >= 15 is 0 Å². The first-order valence-electron chi connectivity index (χ1n) is 6.33. The van der Waals surface area contributed by atoms with Crippen LogP contribution in [0.25, 0.3) is 0 Å². The lowest BCUT2D eigenvalue weighted by atomic mass is 10.2. The summed E-state index contributed by atoms with van der Waals surface area (Å²) in [6.45, 7) is 0. The van der Waals surface area contributed by atoms with Gasteiger partial charge in [-0.2, -0.15) is 0 Å². The Hall–Kier alpha value is -2.83. The van der Waals surface area contributed by atoms with Gasteiger partial charge in [-0.25, -0.2) is 9.97 Å². The van der Waals surface area contributed by atoms with Crippen LogP contribution in [0.3, 0.4) is 0 Å². The lowest BCUT2D eigenvalue weighted by Gasteiger charge is -2.14. The second-order valence-electron chi connectivity index (χ2n) is 4.50. The minimum atomic E-state index is 0.332. The summed E-state index contributed by atoms with van der Waals surface area (Å²) < 4.78 is 0. The first kappa shape index (κ1) is 14.6. The average Bonchev–Trinajstić information content (AvgIpc) is 2.47. The minimum Gasteiger partial charge on any atom is -0.399 e. The van der Waals surface area contributed by atoms with E-state index in [-0.39, 0.29) is 0 Å². The summed E-state index contributed by atoms with van der Waals surface area (Å²) in [6.07, 6.45) is 2.88. The molecule has 21 heavy (non-hydrogen) atoms. The molecule has 0 radical (unpaired) electrons. The fourth-order valence-corrected chi connectivity index (χ4v) is 1.72. The fourth-order valence-electron chi connectivity index (χ4n) is 1.72. The molecule has 0 aliphatic carbocycles. The number of anilines is 4. The van der Waals surface area contributed by atoms with E-state index in [1.807, 2.05) is 43.3 Å². The SMILES string of the molecule is CO/N=C/c1c(N)ncnc1Nc1ccc(N(C)C)cc1. The van der Waals surface area contributed by atoms with Gasteiger partial charge in [-0.05, 0) is 24.3 Å². The molecule has 110 valence electrons. The number of aromatic nitrogens is 2. The summed E-state index contributed by atoms with van der Waals surface area (Å²) in [7, 11) is 5.45. The molecule has 0 unspecified atom stereocenters. The second kappa shape index (κ2) is 6.56. The number of hydrogen-bond donors (Lipinski definition) is 2. The van der Waals surface area contributed by atoms with Crippen molar-refractivity contribution in [3.63, 3.8) is 0 Å². The molecule has 2 rings (SSSR count). The van der Waals surface area contributed by atoms with E-state index in [0.29, 0.717) is 17.2 Å². The van der Waals surface area contributed by atoms with Crippen molar-refractivity contribution in [2.45, 2.75) is 0 Å². The van der Waals surface area contributed by atoms with Gasteiger partial charge in [-0.15, -0.1) is 0 Å². The van der Waals surface area contributed by atoms with Crippen molar-refractivity contribution in [1.82, 2.24) is 9.97 Å². The minimum absolute atomic E-state index is 0.332. The van der Waals surface area contributed by atoms with Crippen molar-refractivity contribution in [3.8, 4) is 0 Å².